The number of hydrogen-bond acceptors (Lipinski definition) is 5. The third kappa shape index (κ3) is 6.22. The first-order valence-corrected chi connectivity index (χ1v) is 14.4. The summed E-state index contributed by atoms with van der Waals surface area (Å²) in [7, 11) is 1.72. The van der Waals surface area contributed by atoms with Gasteiger partial charge in [0, 0.05) is 43.9 Å². The number of aromatic hydroxyl groups is 1. The van der Waals surface area contributed by atoms with Gasteiger partial charge in [-0.2, -0.15) is 0 Å². The number of anilines is 1. The molecule has 3 aromatic carbocycles. The molecular weight excluding hydrogens is 500 g/mol. The molecule has 1 aliphatic carbocycles. The summed E-state index contributed by atoms with van der Waals surface area (Å²) in [4.78, 5) is 16.5. The lowest BCUT2D eigenvalue weighted by atomic mass is 9.79. The second-order valence-corrected chi connectivity index (χ2v) is 12.2. The Morgan fingerprint density at radius 1 is 1.00 bits per heavy atom. The second-order valence-electron chi connectivity index (χ2n) is 12.2. The molecule has 6 heteroatoms. The molecule has 0 bridgehead atoms. The van der Waals surface area contributed by atoms with Crippen molar-refractivity contribution < 1.29 is 19.4 Å². The van der Waals surface area contributed by atoms with Crippen molar-refractivity contribution >= 4 is 11.8 Å². The summed E-state index contributed by atoms with van der Waals surface area (Å²) in [5.41, 5.74) is 7.23. The number of nitrogens with zero attached hydrogens (tertiary/aromatic N) is 2. The van der Waals surface area contributed by atoms with E-state index in [4.69, 9.17) is 9.47 Å². The van der Waals surface area contributed by atoms with E-state index >= 15 is 0 Å². The smallest absolute Gasteiger partial charge is 0.410 e. The molecule has 1 N–H and O–H groups in total. The lowest BCUT2D eigenvalue weighted by Gasteiger charge is -2.40. The van der Waals surface area contributed by atoms with Crippen molar-refractivity contribution in [3.8, 4) is 11.5 Å². The number of benzene rings is 3. The van der Waals surface area contributed by atoms with Crippen molar-refractivity contribution in [3.05, 3.63) is 88.5 Å². The maximum absolute atomic E-state index is 12.3. The fourth-order valence-electron chi connectivity index (χ4n) is 5.92. The first-order valence-electron chi connectivity index (χ1n) is 14.4. The van der Waals surface area contributed by atoms with Crippen LogP contribution in [0.15, 0.2) is 60.7 Å². The Morgan fingerprint density at radius 2 is 1.75 bits per heavy atom. The van der Waals surface area contributed by atoms with Crippen molar-refractivity contribution in [3.63, 3.8) is 0 Å². The average molecular weight is 543 g/mol. The molecular formula is C34H42N2O4. The maximum Gasteiger partial charge on any atom is 0.410 e. The molecule has 3 aromatic rings. The molecule has 0 radical (unpaired) electrons. The number of amides is 1. The van der Waals surface area contributed by atoms with Crippen LogP contribution in [0.5, 0.6) is 11.5 Å². The van der Waals surface area contributed by atoms with Crippen molar-refractivity contribution in [2.45, 2.75) is 70.9 Å². The van der Waals surface area contributed by atoms with Gasteiger partial charge in [0.1, 0.15) is 17.1 Å². The highest BCUT2D eigenvalue weighted by Gasteiger charge is 2.34. The predicted octanol–water partition coefficient (Wildman–Crippen LogP) is 7.03. The molecule has 1 amide bonds. The highest BCUT2D eigenvalue weighted by molar-refractivity contribution is 5.69. The number of fused-ring (bicyclic) bond motifs is 1. The monoisotopic (exact) mass is 542 g/mol. The van der Waals surface area contributed by atoms with Crippen LogP contribution in [0.2, 0.25) is 0 Å². The summed E-state index contributed by atoms with van der Waals surface area (Å²) in [6, 6.07) is 21.1. The van der Waals surface area contributed by atoms with Crippen LogP contribution in [0.25, 0.3) is 0 Å². The summed E-state index contributed by atoms with van der Waals surface area (Å²) in [6.07, 6.45) is 2.78. The van der Waals surface area contributed by atoms with Gasteiger partial charge in [-0.15, -0.1) is 0 Å². The molecule has 1 heterocycles. The molecule has 1 saturated heterocycles. The molecule has 0 saturated carbocycles. The van der Waals surface area contributed by atoms with Crippen LogP contribution in [0, 0.1) is 0 Å². The Kier molecular flexibility index (Phi) is 7.97. The molecule has 1 unspecified atom stereocenters. The van der Waals surface area contributed by atoms with Crippen LogP contribution in [0.4, 0.5) is 10.5 Å². The van der Waals surface area contributed by atoms with E-state index < -0.39 is 5.60 Å². The lowest BCUT2D eigenvalue weighted by Crippen LogP contribution is -2.50. The number of methoxy groups -OCH3 is 1. The van der Waals surface area contributed by atoms with E-state index in [2.05, 4.69) is 60.4 Å². The van der Waals surface area contributed by atoms with Crippen molar-refractivity contribution in [2.24, 2.45) is 0 Å². The minimum Gasteiger partial charge on any atom is -0.508 e. The van der Waals surface area contributed by atoms with E-state index in [0.29, 0.717) is 30.7 Å². The number of hydrogen-bond donors (Lipinski definition) is 1. The van der Waals surface area contributed by atoms with E-state index in [9.17, 15) is 9.90 Å². The van der Waals surface area contributed by atoms with Crippen molar-refractivity contribution in [2.75, 3.05) is 31.6 Å². The van der Waals surface area contributed by atoms with E-state index in [1.54, 1.807) is 18.1 Å². The average Bonchev–Trinajstić information content (AvgIpc) is 2.90. The number of phenols is 1. The molecule has 5 rings (SSSR count). The molecule has 1 fully saturated rings. The Hall–Kier alpha value is -3.67. The number of ether oxygens (including phenoxy) is 2. The maximum atomic E-state index is 12.3. The van der Waals surface area contributed by atoms with Gasteiger partial charge in [-0.25, -0.2) is 4.79 Å². The van der Waals surface area contributed by atoms with Gasteiger partial charge in [-0.05, 0) is 98.9 Å². The van der Waals surface area contributed by atoms with Gasteiger partial charge in [-0.1, -0.05) is 36.4 Å². The zero-order chi connectivity index (χ0) is 28.4. The van der Waals surface area contributed by atoms with E-state index in [1.807, 2.05) is 26.8 Å². The van der Waals surface area contributed by atoms with E-state index in [1.165, 1.54) is 33.5 Å². The molecule has 6 nitrogen and oxygen atoms in total. The SMILES string of the molecule is CCN(Cc1ccc(C2CN(C(=O)OC(C)(C)C)C2)cc1)c1cc(OC)ccc1C1CCc2cc(O)ccc2C1. The second kappa shape index (κ2) is 11.4. The minimum absolute atomic E-state index is 0.229. The van der Waals surface area contributed by atoms with Gasteiger partial charge < -0.3 is 24.4 Å². The molecule has 1 aliphatic heterocycles. The van der Waals surface area contributed by atoms with Gasteiger partial charge in [0.15, 0.2) is 0 Å². The summed E-state index contributed by atoms with van der Waals surface area (Å²) in [5, 5.41) is 9.91. The van der Waals surface area contributed by atoms with Crippen LogP contribution >= 0.6 is 0 Å². The quantitative estimate of drug-likeness (QED) is 0.347. The topological polar surface area (TPSA) is 62.2 Å². The third-order valence-electron chi connectivity index (χ3n) is 8.18. The molecule has 1 atom stereocenters. The fraction of sp³-hybridized carbons (Fsp3) is 0.441. The fourth-order valence-corrected chi connectivity index (χ4v) is 5.92. The van der Waals surface area contributed by atoms with E-state index in [0.717, 1.165) is 38.1 Å². The number of carbonyl (C=O) groups excluding carboxylic acids is 1. The third-order valence-corrected chi connectivity index (χ3v) is 8.18. The van der Waals surface area contributed by atoms with Crippen LogP contribution in [-0.4, -0.2) is 48.4 Å². The van der Waals surface area contributed by atoms with Gasteiger partial charge >= 0.3 is 6.09 Å². The van der Waals surface area contributed by atoms with Crippen molar-refractivity contribution in [1.29, 1.82) is 0 Å². The van der Waals surface area contributed by atoms with Gasteiger partial charge in [0.2, 0.25) is 0 Å². The Balaban J connectivity index is 1.29. The largest absolute Gasteiger partial charge is 0.508 e. The highest BCUT2D eigenvalue weighted by atomic mass is 16.6. The zero-order valence-electron chi connectivity index (χ0n) is 24.4. The van der Waals surface area contributed by atoms with Crippen LogP contribution in [0.1, 0.15) is 73.8 Å². The highest BCUT2D eigenvalue weighted by Crippen LogP contribution is 2.40. The molecule has 2 aliphatic rings. The van der Waals surface area contributed by atoms with E-state index in [-0.39, 0.29) is 6.09 Å². The number of phenolic OH excluding ortho intramolecular Hbond substituents is 1. The Morgan fingerprint density at radius 3 is 2.42 bits per heavy atom. The van der Waals surface area contributed by atoms with Gasteiger partial charge in [-0.3, -0.25) is 0 Å². The predicted molar refractivity (Wildman–Crippen MR) is 160 cm³/mol. The number of rotatable bonds is 7. The van der Waals surface area contributed by atoms with Crippen LogP contribution in [-0.2, 0) is 24.1 Å². The van der Waals surface area contributed by atoms with Gasteiger partial charge in [0.25, 0.3) is 0 Å². The zero-order valence-corrected chi connectivity index (χ0v) is 24.4. The normalized spacial score (nSPS) is 17.1. The Bertz CT molecular complexity index is 1340. The van der Waals surface area contributed by atoms with Crippen molar-refractivity contribution in [1.82, 2.24) is 4.90 Å². The summed E-state index contributed by atoms with van der Waals surface area (Å²) in [5.74, 6) is 1.99. The number of carbonyl (C=O) groups is 1. The summed E-state index contributed by atoms with van der Waals surface area (Å²) in [6.45, 7) is 11.0. The number of likely N-dealkylation sites (tertiary alicyclic amines) is 1. The first kappa shape index (κ1) is 27.9. The molecule has 40 heavy (non-hydrogen) atoms. The first-order chi connectivity index (χ1) is 19.1. The van der Waals surface area contributed by atoms with Gasteiger partial charge in [0.05, 0.1) is 7.11 Å². The number of aryl methyl sites for hydroxylation is 1. The van der Waals surface area contributed by atoms with Crippen LogP contribution < -0.4 is 9.64 Å². The summed E-state index contributed by atoms with van der Waals surface area (Å²) < 4.78 is 11.1. The molecule has 0 spiro atoms. The standard InChI is InChI=1S/C34H42N2O4/c1-6-35(20-23-7-9-24(10-8-23)28-21-36(22-28)33(38)40-34(2,3)4)32-19-30(39-5)15-16-31(32)27-12-11-26-18-29(37)14-13-25(26)17-27/h7-10,13-16,18-19,27-28,37H,6,11-12,17,20-22H2,1-5H3. The van der Waals surface area contributed by atoms with Crippen LogP contribution in [0.3, 0.4) is 0 Å². The minimum atomic E-state index is -0.469. The lowest BCUT2D eigenvalue weighted by molar-refractivity contribution is 0.00819. The Labute approximate surface area is 238 Å². The molecule has 212 valence electrons. The summed E-state index contributed by atoms with van der Waals surface area (Å²) >= 11 is 0. The molecule has 0 aromatic heterocycles.